The fourth-order valence-corrected chi connectivity index (χ4v) is 2.18. The van der Waals surface area contributed by atoms with Crippen LogP contribution in [-0.4, -0.2) is 19.3 Å². The molecule has 2 rings (SSSR count). The van der Waals surface area contributed by atoms with Gasteiger partial charge in [-0.15, -0.1) is 0 Å². The molecule has 24 heavy (non-hydrogen) atoms. The number of benzene rings is 1. The molecule has 0 aliphatic carbocycles. The third kappa shape index (κ3) is 4.64. The van der Waals surface area contributed by atoms with Crippen molar-refractivity contribution in [2.24, 2.45) is 5.14 Å². The number of anilines is 2. The summed E-state index contributed by atoms with van der Waals surface area (Å²) in [5.74, 6) is -0.167. The molecule has 8 nitrogen and oxygen atoms in total. The lowest BCUT2D eigenvalue weighted by molar-refractivity contribution is -0.112. The Balaban J connectivity index is 2.08. The molecule has 1 aromatic heterocycles. The molecule has 0 atom stereocenters. The smallest absolute Gasteiger partial charge is 0.267 e. The van der Waals surface area contributed by atoms with Crippen LogP contribution >= 0.6 is 0 Å². The van der Waals surface area contributed by atoms with Crippen LogP contribution < -0.4 is 15.8 Å². The molecule has 1 amide bonds. The summed E-state index contributed by atoms with van der Waals surface area (Å²) < 4.78 is 22.3. The summed E-state index contributed by atoms with van der Waals surface area (Å²) in [5, 5.41) is 19.3. The number of sulfonamides is 1. The zero-order valence-corrected chi connectivity index (χ0v) is 13.1. The third-order valence-corrected chi connectivity index (χ3v) is 3.76. The topological polar surface area (TPSA) is 138 Å². The number of pyridine rings is 1. The van der Waals surface area contributed by atoms with E-state index in [-0.39, 0.29) is 10.5 Å². The van der Waals surface area contributed by atoms with Crippen molar-refractivity contribution in [1.82, 2.24) is 4.98 Å². The average Bonchev–Trinajstić information content (AvgIpc) is 2.56. The van der Waals surface area contributed by atoms with Gasteiger partial charge < -0.3 is 10.6 Å². The van der Waals surface area contributed by atoms with E-state index in [1.807, 2.05) is 0 Å². The second-order valence-electron chi connectivity index (χ2n) is 4.55. The van der Waals surface area contributed by atoms with E-state index in [0.29, 0.717) is 11.5 Å². The zero-order chi connectivity index (χ0) is 17.6. The van der Waals surface area contributed by atoms with E-state index < -0.39 is 15.9 Å². The summed E-state index contributed by atoms with van der Waals surface area (Å²) in [7, 11) is -3.80. The molecule has 0 unspecified atom stereocenters. The predicted molar refractivity (Wildman–Crippen MR) is 88.0 cm³/mol. The molecular weight excluding hydrogens is 330 g/mol. The quantitative estimate of drug-likeness (QED) is 0.550. The standard InChI is InChI=1S/C15H13N5O3S/c16-9-11(10-19-14-3-1-2-8-18-14)15(21)20-12-4-6-13(7-5-12)24(17,22)23/h1-8,10H,(H,18,19)(H,20,21)(H2,17,22,23)/b11-10-. The first-order valence-corrected chi connectivity index (χ1v) is 8.17. The Labute approximate surface area is 138 Å². The number of nitrogens with two attached hydrogens (primary N) is 1. The van der Waals surface area contributed by atoms with Gasteiger partial charge >= 0.3 is 0 Å². The lowest BCUT2D eigenvalue weighted by Crippen LogP contribution is -2.15. The Kier molecular flexibility index (Phi) is 5.26. The van der Waals surface area contributed by atoms with Gasteiger partial charge in [-0.05, 0) is 36.4 Å². The van der Waals surface area contributed by atoms with Crippen LogP contribution in [-0.2, 0) is 14.8 Å². The van der Waals surface area contributed by atoms with Crippen LogP contribution in [0.2, 0.25) is 0 Å². The molecule has 1 aromatic carbocycles. The van der Waals surface area contributed by atoms with E-state index in [9.17, 15) is 13.2 Å². The fraction of sp³-hybridized carbons (Fsp3) is 0. The molecule has 1 heterocycles. The van der Waals surface area contributed by atoms with E-state index in [1.54, 1.807) is 30.5 Å². The second-order valence-corrected chi connectivity index (χ2v) is 6.11. The molecule has 0 bridgehead atoms. The molecule has 122 valence electrons. The fourth-order valence-electron chi connectivity index (χ4n) is 1.67. The summed E-state index contributed by atoms with van der Waals surface area (Å²) in [6, 6.07) is 12.2. The van der Waals surface area contributed by atoms with Crippen LogP contribution in [0.1, 0.15) is 0 Å². The maximum atomic E-state index is 12.0. The minimum atomic E-state index is -3.80. The van der Waals surface area contributed by atoms with Crippen LogP contribution in [0.4, 0.5) is 11.5 Å². The maximum absolute atomic E-state index is 12.0. The number of amides is 1. The van der Waals surface area contributed by atoms with Crippen molar-refractivity contribution in [3.8, 4) is 6.07 Å². The van der Waals surface area contributed by atoms with Crippen molar-refractivity contribution in [2.75, 3.05) is 10.6 Å². The summed E-state index contributed by atoms with van der Waals surface area (Å²) in [4.78, 5) is 16.0. The van der Waals surface area contributed by atoms with Crippen molar-refractivity contribution in [1.29, 1.82) is 5.26 Å². The Hall–Kier alpha value is -3.22. The van der Waals surface area contributed by atoms with Gasteiger partial charge in [0, 0.05) is 18.1 Å². The molecule has 9 heteroatoms. The second kappa shape index (κ2) is 7.36. The van der Waals surface area contributed by atoms with Gasteiger partial charge in [0.05, 0.1) is 4.90 Å². The number of nitrogens with zero attached hydrogens (tertiary/aromatic N) is 2. The Morgan fingerprint density at radius 2 is 1.92 bits per heavy atom. The summed E-state index contributed by atoms with van der Waals surface area (Å²) in [5.41, 5.74) is 0.155. The summed E-state index contributed by atoms with van der Waals surface area (Å²) >= 11 is 0. The highest BCUT2D eigenvalue weighted by atomic mass is 32.2. The Morgan fingerprint density at radius 3 is 2.46 bits per heavy atom. The van der Waals surface area contributed by atoms with Gasteiger partial charge in [0.1, 0.15) is 17.5 Å². The number of nitriles is 1. The highest BCUT2D eigenvalue weighted by Crippen LogP contribution is 2.13. The average molecular weight is 343 g/mol. The van der Waals surface area contributed by atoms with Gasteiger partial charge in [0.2, 0.25) is 10.0 Å². The van der Waals surface area contributed by atoms with E-state index in [0.717, 1.165) is 0 Å². The molecule has 0 radical (unpaired) electrons. The van der Waals surface area contributed by atoms with Crippen molar-refractivity contribution in [3.05, 3.63) is 60.4 Å². The van der Waals surface area contributed by atoms with Crippen molar-refractivity contribution in [3.63, 3.8) is 0 Å². The number of primary sulfonamides is 1. The van der Waals surface area contributed by atoms with Crippen LogP contribution in [0.5, 0.6) is 0 Å². The van der Waals surface area contributed by atoms with E-state index >= 15 is 0 Å². The number of carbonyl (C=O) groups is 1. The zero-order valence-electron chi connectivity index (χ0n) is 12.3. The predicted octanol–water partition coefficient (Wildman–Crippen LogP) is 1.19. The molecule has 0 spiro atoms. The first kappa shape index (κ1) is 17.1. The molecular formula is C15H13N5O3S. The minimum absolute atomic E-state index is 0.0756. The van der Waals surface area contributed by atoms with Crippen LogP contribution in [0, 0.1) is 11.3 Å². The first-order valence-electron chi connectivity index (χ1n) is 6.62. The van der Waals surface area contributed by atoms with Crippen molar-refractivity contribution >= 4 is 27.4 Å². The molecule has 0 saturated heterocycles. The molecule has 0 aliphatic rings. The van der Waals surface area contributed by atoms with Crippen molar-refractivity contribution in [2.45, 2.75) is 4.90 Å². The normalized spacial score (nSPS) is 11.4. The Bertz CT molecular complexity index is 900. The Morgan fingerprint density at radius 1 is 1.21 bits per heavy atom. The maximum Gasteiger partial charge on any atom is 0.267 e. The summed E-state index contributed by atoms with van der Waals surface area (Å²) in [6.45, 7) is 0. The SMILES string of the molecule is N#C/C(=C/Nc1ccccn1)C(=O)Nc1ccc(S(N)(=O)=O)cc1. The van der Waals surface area contributed by atoms with Gasteiger partial charge in [-0.1, -0.05) is 6.07 Å². The molecule has 0 saturated carbocycles. The summed E-state index contributed by atoms with van der Waals surface area (Å²) in [6.07, 6.45) is 2.80. The van der Waals surface area contributed by atoms with Gasteiger partial charge in [-0.2, -0.15) is 5.26 Å². The van der Waals surface area contributed by atoms with Gasteiger partial charge in [0.15, 0.2) is 0 Å². The molecule has 2 aromatic rings. The number of hydrogen-bond acceptors (Lipinski definition) is 6. The molecule has 4 N–H and O–H groups in total. The number of nitrogens with one attached hydrogen (secondary N) is 2. The number of hydrogen-bond donors (Lipinski definition) is 3. The monoisotopic (exact) mass is 343 g/mol. The first-order chi connectivity index (χ1) is 11.4. The van der Waals surface area contributed by atoms with E-state index in [1.165, 1.54) is 30.5 Å². The van der Waals surface area contributed by atoms with Gasteiger partial charge in [-0.3, -0.25) is 4.79 Å². The third-order valence-electron chi connectivity index (χ3n) is 2.84. The highest BCUT2D eigenvalue weighted by Gasteiger charge is 2.11. The lowest BCUT2D eigenvalue weighted by atomic mass is 10.2. The van der Waals surface area contributed by atoms with Gasteiger partial charge in [0.25, 0.3) is 5.91 Å². The number of aromatic nitrogens is 1. The van der Waals surface area contributed by atoms with Crippen LogP contribution in [0.3, 0.4) is 0 Å². The highest BCUT2D eigenvalue weighted by molar-refractivity contribution is 7.89. The van der Waals surface area contributed by atoms with Crippen LogP contribution in [0.25, 0.3) is 0 Å². The van der Waals surface area contributed by atoms with E-state index in [4.69, 9.17) is 10.4 Å². The lowest BCUT2D eigenvalue weighted by Gasteiger charge is -2.06. The minimum Gasteiger partial charge on any atom is -0.345 e. The number of rotatable bonds is 5. The molecule has 0 fully saturated rings. The van der Waals surface area contributed by atoms with Crippen molar-refractivity contribution < 1.29 is 13.2 Å². The largest absolute Gasteiger partial charge is 0.345 e. The molecule has 0 aliphatic heterocycles. The van der Waals surface area contributed by atoms with E-state index in [2.05, 4.69) is 15.6 Å². The van der Waals surface area contributed by atoms with Gasteiger partial charge in [-0.25, -0.2) is 18.5 Å². The number of carbonyl (C=O) groups excluding carboxylic acids is 1. The van der Waals surface area contributed by atoms with Crippen LogP contribution in [0.15, 0.2) is 65.3 Å².